The van der Waals surface area contributed by atoms with Crippen molar-refractivity contribution in [2.24, 2.45) is 10.4 Å². The van der Waals surface area contributed by atoms with Crippen LogP contribution < -0.4 is 15.4 Å². The molecule has 1 aliphatic rings. The van der Waals surface area contributed by atoms with E-state index in [0.29, 0.717) is 50.3 Å². The molecule has 0 radical (unpaired) electrons. The molecule has 1 saturated heterocycles. The second-order valence-corrected chi connectivity index (χ2v) is 7.08. The van der Waals surface area contributed by atoms with Gasteiger partial charge in [0.05, 0.1) is 6.61 Å². The molecule has 1 unspecified atom stereocenters. The number of hydrogen-bond acceptors (Lipinski definition) is 5. The van der Waals surface area contributed by atoms with Gasteiger partial charge in [0.25, 0.3) is 0 Å². The maximum atomic E-state index is 13.4. The Kier molecular flexibility index (Phi) is 7.37. The smallest absolute Gasteiger partial charge is 0.224 e. The predicted octanol–water partition coefficient (Wildman–Crippen LogP) is 2.47. The number of aromatic nitrogens is 1. The summed E-state index contributed by atoms with van der Waals surface area (Å²) in [5, 5.41) is 15.9. The lowest BCUT2D eigenvalue weighted by Crippen LogP contribution is -2.44. The fourth-order valence-corrected chi connectivity index (χ4v) is 3.28. The molecule has 156 valence electrons. The van der Waals surface area contributed by atoms with Crippen LogP contribution in [0.15, 0.2) is 47.6 Å². The zero-order valence-electron chi connectivity index (χ0n) is 16.5. The average Bonchev–Trinajstić information content (AvgIpc) is 3.18. The average molecular weight is 402 g/mol. The lowest BCUT2D eigenvalue weighted by molar-refractivity contribution is 0.127. The molecule has 0 amide bonds. The Labute approximate surface area is 170 Å². The number of benzene rings is 1. The third kappa shape index (κ3) is 5.88. The topological polar surface area (TPSA) is 88.0 Å². The van der Waals surface area contributed by atoms with Crippen LogP contribution >= 0.6 is 0 Å². The van der Waals surface area contributed by atoms with E-state index < -0.39 is 0 Å². The molecule has 2 heterocycles. The summed E-state index contributed by atoms with van der Waals surface area (Å²) < 4.78 is 24.7. The van der Waals surface area contributed by atoms with Crippen LogP contribution in [0.4, 0.5) is 4.39 Å². The van der Waals surface area contributed by atoms with E-state index in [2.05, 4.69) is 20.6 Å². The summed E-state index contributed by atoms with van der Waals surface area (Å²) in [6.45, 7) is 2.57. The van der Waals surface area contributed by atoms with E-state index in [1.165, 1.54) is 12.1 Å². The molecule has 8 heteroatoms. The number of nitrogens with one attached hydrogen (secondary N) is 2. The van der Waals surface area contributed by atoms with Crippen molar-refractivity contribution in [2.45, 2.75) is 19.4 Å². The number of hydrogen-bond donors (Lipinski definition) is 3. The molecule has 1 aliphatic heterocycles. The Bertz CT molecular complexity index is 825. The molecule has 3 rings (SSSR count). The third-order valence-electron chi connectivity index (χ3n) is 4.99. The quantitative estimate of drug-likeness (QED) is 0.464. The molecule has 0 spiro atoms. The van der Waals surface area contributed by atoms with Gasteiger partial charge in [0.2, 0.25) is 5.88 Å². The highest BCUT2D eigenvalue weighted by Crippen LogP contribution is 2.31. The van der Waals surface area contributed by atoms with E-state index in [1.807, 2.05) is 12.1 Å². The number of aliphatic hydroxyl groups is 1. The van der Waals surface area contributed by atoms with E-state index in [1.54, 1.807) is 25.4 Å². The lowest BCUT2D eigenvalue weighted by atomic mass is 9.84. The van der Waals surface area contributed by atoms with Crippen LogP contribution in [0.5, 0.6) is 11.6 Å². The molecule has 29 heavy (non-hydrogen) atoms. The standard InChI is InChI=1S/C21H27FN4O3/c1-23-20(26-14-21(7-10-27)8-11-28-15-21)25-13-16-4-3-9-24-19(16)29-18-6-2-5-17(22)12-18/h2-6,9,12,27H,7-8,10-11,13-15H2,1H3,(H2,23,25,26). The first-order valence-corrected chi connectivity index (χ1v) is 9.65. The molecule has 1 aromatic heterocycles. The van der Waals surface area contributed by atoms with Crippen molar-refractivity contribution in [1.29, 1.82) is 0 Å². The highest BCUT2D eigenvalue weighted by molar-refractivity contribution is 5.79. The fraction of sp³-hybridized carbons (Fsp3) is 0.429. The SMILES string of the molecule is CN=C(NCc1cccnc1Oc1cccc(F)c1)NCC1(CCO)CCOC1. The van der Waals surface area contributed by atoms with Crippen molar-refractivity contribution in [3.63, 3.8) is 0 Å². The molecular weight excluding hydrogens is 375 g/mol. The highest BCUT2D eigenvalue weighted by Gasteiger charge is 2.34. The molecule has 2 aromatic rings. The summed E-state index contributed by atoms with van der Waals surface area (Å²) in [6.07, 6.45) is 3.22. The second-order valence-electron chi connectivity index (χ2n) is 7.08. The van der Waals surface area contributed by atoms with Gasteiger partial charge < -0.3 is 25.2 Å². The molecule has 0 aliphatic carbocycles. The molecule has 3 N–H and O–H groups in total. The highest BCUT2D eigenvalue weighted by atomic mass is 19.1. The van der Waals surface area contributed by atoms with Crippen LogP contribution in [0.3, 0.4) is 0 Å². The van der Waals surface area contributed by atoms with Crippen LogP contribution in [-0.2, 0) is 11.3 Å². The van der Waals surface area contributed by atoms with E-state index in [9.17, 15) is 9.50 Å². The zero-order chi connectivity index (χ0) is 20.5. The summed E-state index contributed by atoms with van der Waals surface area (Å²) in [6, 6.07) is 9.66. The molecule has 1 atom stereocenters. The molecule has 0 bridgehead atoms. The first-order chi connectivity index (χ1) is 14.1. The minimum Gasteiger partial charge on any atom is -0.439 e. The number of rotatable bonds is 8. The Morgan fingerprint density at radius 1 is 1.34 bits per heavy atom. The normalized spacial score (nSPS) is 19.2. The van der Waals surface area contributed by atoms with Crippen LogP contribution in [0.2, 0.25) is 0 Å². The lowest BCUT2D eigenvalue weighted by Gasteiger charge is -2.27. The number of aliphatic imine (C=N–C) groups is 1. The number of aliphatic hydroxyl groups excluding tert-OH is 1. The van der Waals surface area contributed by atoms with Gasteiger partial charge in [-0.2, -0.15) is 0 Å². The summed E-state index contributed by atoms with van der Waals surface area (Å²) >= 11 is 0. The van der Waals surface area contributed by atoms with Gasteiger partial charge in [0.15, 0.2) is 5.96 Å². The Hall–Kier alpha value is -2.71. The second kappa shape index (κ2) is 10.2. The van der Waals surface area contributed by atoms with E-state index in [0.717, 1.165) is 12.0 Å². The Morgan fingerprint density at radius 2 is 2.24 bits per heavy atom. The number of nitrogens with zero attached hydrogens (tertiary/aromatic N) is 2. The van der Waals surface area contributed by atoms with Gasteiger partial charge in [-0.25, -0.2) is 9.37 Å². The van der Waals surface area contributed by atoms with Gasteiger partial charge in [-0.1, -0.05) is 12.1 Å². The summed E-state index contributed by atoms with van der Waals surface area (Å²) in [4.78, 5) is 8.52. The molecule has 0 saturated carbocycles. The molecule has 7 nitrogen and oxygen atoms in total. The van der Waals surface area contributed by atoms with Crippen molar-refractivity contribution in [2.75, 3.05) is 33.4 Å². The maximum absolute atomic E-state index is 13.4. The van der Waals surface area contributed by atoms with Gasteiger partial charge in [-0.15, -0.1) is 0 Å². The molecule has 1 fully saturated rings. The van der Waals surface area contributed by atoms with Crippen molar-refractivity contribution >= 4 is 5.96 Å². The Balaban J connectivity index is 1.60. The minimum absolute atomic E-state index is 0.0771. The van der Waals surface area contributed by atoms with Crippen LogP contribution in [-0.4, -0.2) is 49.5 Å². The van der Waals surface area contributed by atoms with Crippen molar-refractivity contribution in [3.05, 3.63) is 54.0 Å². The van der Waals surface area contributed by atoms with E-state index in [4.69, 9.17) is 9.47 Å². The van der Waals surface area contributed by atoms with Crippen molar-refractivity contribution in [3.8, 4) is 11.6 Å². The summed E-state index contributed by atoms with van der Waals surface area (Å²) in [7, 11) is 1.70. The van der Waals surface area contributed by atoms with Crippen LogP contribution in [0, 0.1) is 11.2 Å². The third-order valence-corrected chi connectivity index (χ3v) is 4.99. The van der Waals surface area contributed by atoms with Gasteiger partial charge in [0.1, 0.15) is 11.6 Å². The predicted molar refractivity (Wildman–Crippen MR) is 108 cm³/mol. The fourth-order valence-electron chi connectivity index (χ4n) is 3.28. The number of guanidine groups is 1. The number of ether oxygens (including phenoxy) is 2. The Morgan fingerprint density at radius 3 is 2.97 bits per heavy atom. The largest absolute Gasteiger partial charge is 0.439 e. The van der Waals surface area contributed by atoms with Gasteiger partial charge in [-0.3, -0.25) is 4.99 Å². The van der Waals surface area contributed by atoms with Crippen molar-refractivity contribution in [1.82, 2.24) is 15.6 Å². The minimum atomic E-state index is -0.365. The van der Waals surface area contributed by atoms with Crippen molar-refractivity contribution < 1.29 is 19.0 Å². The van der Waals surface area contributed by atoms with Gasteiger partial charge in [-0.05, 0) is 31.0 Å². The molecular formula is C21H27FN4O3. The zero-order valence-corrected chi connectivity index (χ0v) is 16.5. The van der Waals surface area contributed by atoms with E-state index in [-0.39, 0.29) is 17.8 Å². The summed E-state index contributed by atoms with van der Waals surface area (Å²) in [5.41, 5.74) is 0.737. The monoisotopic (exact) mass is 402 g/mol. The first kappa shape index (κ1) is 21.0. The summed E-state index contributed by atoms with van der Waals surface area (Å²) in [5.74, 6) is 1.06. The van der Waals surface area contributed by atoms with Crippen LogP contribution in [0.25, 0.3) is 0 Å². The number of halogens is 1. The molecule has 1 aromatic carbocycles. The maximum Gasteiger partial charge on any atom is 0.224 e. The number of pyridine rings is 1. The first-order valence-electron chi connectivity index (χ1n) is 9.65. The van der Waals surface area contributed by atoms with Gasteiger partial charge in [0, 0.05) is 56.6 Å². The van der Waals surface area contributed by atoms with Crippen LogP contribution in [0.1, 0.15) is 18.4 Å². The van der Waals surface area contributed by atoms with E-state index >= 15 is 0 Å². The van der Waals surface area contributed by atoms with Gasteiger partial charge >= 0.3 is 0 Å².